The highest BCUT2D eigenvalue weighted by molar-refractivity contribution is 5.81. The summed E-state index contributed by atoms with van der Waals surface area (Å²) in [6.45, 7) is 10.3. The number of benzene rings is 2. The van der Waals surface area contributed by atoms with E-state index < -0.39 is 0 Å². The van der Waals surface area contributed by atoms with Crippen LogP contribution < -0.4 is 10.2 Å². The van der Waals surface area contributed by atoms with Crippen molar-refractivity contribution >= 4 is 17.3 Å². The lowest BCUT2D eigenvalue weighted by molar-refractivity contribution is -0.130. The minimum atomic E-state index is 0.159. The molecule has 0 saturated heterocycles. The molecular formula is C22H29N3O. The molecule has 0 spiro atoms. The topological polar surface area (TPSA) is 35.6 Å². The van der Waals surface area contributed by atoms with Gasteiger partial charge in [0.05, 0.1) is 6.54 Å². The van der Waals surface area contributed by atoms with E-state index in [9.17, 15) is 4.79 Å². The van der Waals surface area contributed by atoms with Crippen molar-refractivity contribution in [3.05, 3.63) is 59.2 Å². The molecule has 3 rings (SSSR count). The van der Waals surface area contributed by atoms with Gasteiger partial charge >= 0.3 is 0 Å². The normalized spacial score (nSPS) is 13.3. The largest absolute Gasteiger partial charge is 0.376 e. The number of nitrogens with one attached hydrogen (secondary N) is 1. The number of carbonyl (C=O) groups excluding carboxylic acids is 1. The smallest absolute Gasteiger partial charge is 0.242 e. The Morgan fingerprint density at radius 1 is 1.12 bits per heavy atom. The zero-order chi connectivity index (χ0) is 18.5. The van der Waals surface area contributed by atoms with Crippen LogP contribution in [0.1, 0.15) is 30.5 Å². The molecule has 0 aromatic heterocycles. The fourth-order valence-electron chi connectivity index (χ4n) is 3.62. The maximum absolute atomic E-state index is 12.6. The predicted octanol–water partition coefficient (Wildman–Crippen LogP) is 3.84. The third-order valence-electron chi connectivity index (χ3n) is 5.25. The summed E-state index contributed by atoms with van der Waals surface area (Å²) < 4.78 is 0. The molecule has 0 atom stereocenters. The van der Waals surface area contributed by atoms with E-state index in [1.54, 1.807) is 0 Å². The summed E-state index contributed by atoms with van der Waals surface area (Å²) in [7, 11) is 0. The summed E-state index contributed by atoms with van der Waals surface area (Å²) in [4.78, 5) is 16.9. The van der Waals surface area contributed by atoms with Gasteiger partial charge in [0.2, 0.25) is 5.91 Å². The number of anilines is 2. The van der Waals surface area contributed by atoms with E-state index in [1.165, 1.54) is 22.4 Å². The molecule has 1 amide bonds. The number of carbonyl (C=O) groups is 1. The minimum absolute atomic E-state index is 0.159. The molecule has 0 fully saturated rings. The van der Waals surface area contributed by atoms with Crippen LogP contribution in [0, 0.1) is 6.92 Å². The van der Waals surface area contributed by atoms with Crippen molar-refractivity contribution < 1.29 is 4.79 Å². The highest BCUT2D eigenvalue weighted by Crippen LogP contribution is 2.23. The number of hydrogen-bond donors (Lipinski definition) is 1. The van der Waals surface area contributed by atoms with Crippen LogP contribution >= 0.6 is 0 Å². The third kappa shape index (κ3) is 4.01. The van der Waals surface area contributed by atoms with Crippen molar-refractivity contribution in [1.29, 1.82) is 0 Å². The van der Waals surface area contributed by atoms with Gasteiger partial charge in [0.15, 0.2) is 0 Å². The van der Waals surface area contributed by atoms with E-state index >= 15 is 0 Å². The molecule has 1 heterocycles. The maximum atomic E-state index is 12.6. The highest BCUT2D eigenvalue weighted by Gasteiger charge is 2.20. The average molecular weight is 351 g/mol. The first-order chi connectivity index (χ1) is 12.6. The van der Waals surface area contributed by atoms with Crippen molar-refractivity contribution in [3.63, 3.8) is 0 Å². The minimum Gasteiger partial charge on any atom is -0.376 e. The zero-order valence-electron chi connectivity index (χ0n) is 16.1. The van der Waals surface area contributed by atoms with Crippen molar-refractivity contribution in [2.24, 2.45) is 0 Å². The monoisotopic (exact) mass is 351 g/mol. The molecule has 0 radical (unpaired) electrons. The van der Waals surface area contributed by atoms with Crippen LogP contribution in [0.5, 0.6) is 0 Å². The fourth-order valence-corrected chi connectivity index (χ4v) is 3.62. The van der Waals surface area contributed by atoms with E-state index in [1.807, 2.05) is 11.0 Å². The average Bonchev–Trinajstić information content (AvgIpc) is 2.67. The number of aryl methyl sites for hydroxylation is 1. The standard InChI is InChI=1S/C22H29N3O/c1-4-24(5-2)20-10-11-21(17(3)14-20)23-15-22(26)25-13-12-18-8-6-7-9-19(18)16-25/h6-11,14,23H,4-5,12-13,15-16H2,1-3H3. The van der Waals surface area contributed by atoms with Gasteiger partial charge in [-0.1, -0.05) is 24.3 Å². The molecular weight excluding hydrogens is 322 g/mol. The first-order valence-corrected chi connectivity index (χ1v) is 9.56. The van der Waals surface area contributed by atoms with E-state index in [4.69, 9.17) is 0 Å². The van der Waals surface area contributed by atoms with Crippen molar-refractivity contribution in [2.75, 3.05) is 36.4 Å². The zero-order valence-corrected chi connectivity index (χ0v) is 16.1. The van der Waals surface area contributed by atoms with E-state index in [0.717, 1.165) is 38.3 Å². The molecule has 0 bridgehead atoms. The molecule has 1 aliphatic heterocycles. The van der Waals surface area contributed by atoms with Gasteiger partial charge in [0.1, 0.15) is 0 Å². The molecule has 1 N–H and O–H groups in total. The van der Waals surface area contributed by atoms with Crippen LogP contribution in [0.3, 0.4) is 0 Å². The first kappa shape index (κ1) is 18.3. The number of fused-ring (bicyclic) bond motifs is 1. The molecule has 4 heteroatoms. The van der Waals surface area contributed by atoms with Crippen molar-refractivity contribution in [1.82, 2.24) is 4.90 Å². The molecule has 0 saturated carbocycles. The lowest BCUT2D eigenvalue weighted by Crippen LogP contribution is -2.39. The second-order valence-electron chi connectivity index (χ2n) is 6.86. The Hall–Kier alpha value is -2.49. The van der Waals surface area contributed by atoms with E-state index in [0.29, 0.717) is 6.54 Å². The van der Waals surface area contributed by atoms with Gasteiger partial charge in [-0.3, -0.25) is 4.79 Å². The van der Waals surface area contributed by atoms with Gasteiger partial charge in [-0.15, -0.1) is 0 Å². The van der Waals surface area contributed by atoms with Crippen LogP contribution in [0.4, 0.5) is 11.4 Å². The van der Waals surface area contributed by atoms with Crippen molar-refractivity contribution in [3.8, 4) is 0 Å². The molecule has 0 aliphatic carbocycles. The summed E-state index contributed by atoms with van der Waals surface area (Å²) in [5.74, 6) is 0.159. The van der Waals surface area contributed by atoms with Gasteiger partial charge < -0.3 is 15.1 Å². The summed E-state index contributed by atoms with van der Waals surface area (Å²) in [5, 5.41) is 3.33. The first-order valence-electron chi connectivity index (χ1n) is 9.56. The van der Waals surface area contributed by atoms with E-state index in [2.05, 4.69) is 67.4 Å². The Balaban J connectivity index is 1.60. The molecule has 1 aliphatic rings. The number of nitrogens with zero attached hydrogens (tertiary/aromatic N) is 2. The van der Waals surface area contributed by atoms with Crippen LogP contribution in [0.25, 0.3) is 0 Å². The molecule has 138 valence electrons. The number of rotatable bonds is 6. The SMILES string of the molecule is CCN(CC)c1ccc(NCC(=O)N2CCc3ccccc3C2)c(C)c1. The van der Waals surface area contributed by atoms with Gasteiger partial charge in [-0.25, -0.2) is 0 Å². The molecule has 0 unspecified atom stereocenters. The Labute approximate surface area is 156 Å². The quantitative estimate of drug-likeness (QED) is 0.859. The summed E-state index contributed by atoms with van der Waals surface area (Å²) >= 11 is 0. The Morgan fingerprint density at radius 3 is 2.54 bits per heavy atom. The Morgan fingerprint density at radius 2 is 1.85 bits per heavy atom. The molecule has 4 nitrogen and oxygen atoms in total. The van der Waals surface area contributed by atoms with Crippen LogP contribution in [-0.4, -0.2) is 37.0 Å². The highest BCUT2D eigenvalue weighted by atomic mass is 16.2. The van der Waals surface area contributed by atoms with E-state index in [-0.39, 0.29) is 5.91 Å². The predicted molar refractivity (Wildman–Crippen MR) is 109 cm³/mol. The maximum Gasteiger partial charge on any atom is 0.242 e. The Kier molecular flexibility index (Phi) is 5.82. The van der Waals surface area contributed by atoms with Gasteiger partial charge in [-0.05, 0) is 62.1 Å². The number of amides is 1. The lowest BCUT2D eigenvalue weighted by atomic mass is 10.00. The molecule has 2 aromatic carbocycles. The van der Waals surface area contributed by atoms with Gasteiger partial charge in [0, 0.05) is 37.6 Å². The Bertz CT molecular complexity index is 768. The van der Waals surface area contributed by atoms with Crippen LogP contribution in [0.2, 0.25) is 0 Å². The number of hydrogen-bond acceptors (Lipinski definition) is 3. The summed E-state index contributed by atoms with van der Waals surface area (Å²) in [5.41, 5.74) is 6.08. The van der Waals surface area contributed by atoms with Crippen molar-refractivity contribution in [2.45, 2.75) is 33.7 Å². The second kappa shape index (κ2) is 8.26. The van der Waals surface area contributed by atoms with Gasteiger partial charge in [-0.2, -0.15) is 0 Å². The molecule has 26 heavy (non-hydrogen) atoms. The summed E-state index contributed by atoms with van der Waals surface area (Å²) in [6, 6.07) is 14.8. The van der Waals surface area contributed by atoms with Gasteiger partial charge in [0.25, 0.3) is 0 Å². The third-order valence-corrected chi connectivity index (χ3v) is 5.25. The summed E-state index contributed by atoms with van der Waals surface area (Å²) in [6.07, 6.45) is 0.944. The lowest BCUT2D eigenvalue weighted by Gasteiger charge is -2.29. The second-order valence-corrected chi connectivity index (χ2v) is 6.86. The fraction of sp³-hybridized carbons (Fsp3) is 0.409. The van der Waals surface area contributed by atoms with Crippen LogP contribution in [0.15, 0.2) is 42.5 Å². The van der Waals surface area contributed by atoms with Crippen LogP contribution in [-0.2, 0) is 17.8 Å². The molecule has 2 aromatic rings.